The van der Waals surface area contributed by atoms with Crippen LogP contribution in [0.2, 0.25) is 0 Å². The summed E-state index contributed by atoms with van der Waals surface area (Å²) >= 11 is 1.26. The van der Waals surface area contributed by atoms with Crippen LogP contribution in [-0.2, 0) is 9.59 Å². The maximum absolute atomic E-state index is 13.3. The number of ether oxygens (including phenoxy) is 1. The van der Waals surface area contributed by atoms with Crippen molar-refractivity contribution in [1.82, 2.24) is 5.32 Å². The molecule has 0 aliphatic carbocycles. The summed E-state index contributed by atoms with van der Waals surface area (Å²) in [4.78, 5) is 26.8. The first-order chi connectivity index (χ1) is 13.0. The third-order valence-corrected chi connectivity index (χ3v) is 5.08. The molecule has 0 radical (unpaired) electrons. The fourth-order valence-electron chi connectivity index (χ4n) is 2.73. The van der Waals surface area contributed by atoms with Gasteiger partial charge in [0.2, 0.25) is 5.91 Å². The third-order valence-electron chi connectivity index (χ3n) is 4.09. The van der Waals surface area contributed by atoms with Crippen LogP contribution in [0.5, 0.6) is 5.75 Å². The van der Waals surface area contributed by atoms with Crippen molar-refractivity contribution >= 4 is 29.3 Å². The average Bonchev–Trinajstić information content (AvgIpc) is 2.69. The first-order valence-electron chi connectivity index (χ1n) is 8.35. The molecule has 0 unspecified atom stereocenters. The molecule has 0 fully saturated rings. The van der Waals surface area contributed by atoms with E-state index in [9.17, 15) is 18.4 Å². The summed E-state index contributed by atoms with van der Waals surface area (Å²) in [5, 5.41) is 2.53. The maximum Gasteiger partial charge on any atom is 0.262 e. The van der Waals surface area contributed by atoms with Gasteiger partial charge in [0.15, 0.2) is 17.7 Å². The molecular weight excluding hydrogens is 374 g/mol. The highest BCUT2D eigenvalue weighted by molar-refractivity contribution is 7.99. The van der Waals surface area contributed by atoms with Gasteiger partial charge in [0.05, 0.1) is 12.2 Å². The molecular formula is C19H18F2N2O3S. The quantitative estimate of drug-likeness (QED) is 0.795. The number of halogens is 2. The summed E-state index contributed by atoms with van der Waals surface area (Å²) in [6, 6.07) is 10.7. The zero-order valence-electron chi connectivity index (χ0n) is 14.6. The predicted molar refractivity (Wildman–Crippen MR) is 99.0 cm³/mol. The van der Waals surface area contributed by atoms with E-state index in [0.29, 0.717) is 22.1 Å². The van der Waals surface area contributed by atoms with Crippen molar-refractivity contribution in [2.75, 3.05) is 24.2 Å². The van der Waals surface area contributed by atoms with E-state index in [1.165, 1.54) is 29.8 Å². The van der Waals surface area contributed by atoms with Crippen molar-refractivity contribution < 1.29 is 23.1 Å². The molecule has 8 heteroatoms. The molecule has 2 amide bonds. The van der Waals surface area contributed by atoms with E-state index in [2.05, 4.69) is 5.32 Å². The molecule has 0 saturated carbocycles. The van der Waals surface area contributed by atoms with E-state index >= 15 is 0 Å². The lowest BCUT2D eigenvalue weighted by molar-refractivity contribution is -0.127. The molecule has 3 rings (SSSR count). The highest BCUT2D eigenvalue weighted by Crippen LogP contribution is 2.34. The number of likely N-dealkylation sites (N-methyl/N-ethyl adjacent to an activating group) is 1. The summed E-state index contributed by atoms with van der Waals surface area (Å²) in [6.07, 6.45) is -0.606. The van der Waals surface area contributed by atoms with Crippen LogP contribution in [0.3, 0.4) is 0 Å². The van der Waals surface area contributed by atoms with Crippen molar-refractivity contribution in [1.29, 1.82) is 0 Å². The Morgan fingerprint density at radius 1 is 1.22 bits per heavy atom. The van der Waals surface area contributed by atoms with Crippen LogP contribution in [0.4, 0.5) is 14.5 Å². The van der Waals surface area contributed by atoms with Gasteiger partial charge in [0.1, 0.15) is 5.75 Å². The Morgan fingerprint density at radius 3 is 2.74 bits per heavy atom. The summed E-state index contributed by atoms with van der Waals surface area (Å²) in [5.41, 5.74) is 0.612. The minimum absolute atomic E-state index is 0.116. The Kier molecular flexibility index (Phi) is 5.95. The van der Waals surface area contributed by atoms with Crippen LogP contribution in [0.25, 0.3) is 0 Å². The van der Waals surface area contributed by atoms with Gasteiger partial charge < -0.3 is 15.0 Å². The lowest BCUT2D eigenvalue weighted by Crippen LogP contribution is -2.50. The Bertz CT molecular complexity index is 863. The van der Waals surface area contributed by atoms with Gasteiger partial charge in [-0.3, -0.25) is 9.59 Å². The molecule has 1 aliphatic rings. The average molecular weight is 392 g/mol. The predicted octanol–water partition coefficient (Wildman–Crippen LogP) is 2.99. The SMILES string of the molecule is CNC(=O)[C@@H]1CN(C(=O)CCSc2ccc(F)c(F)c2)c2ccccc2O1. The summed E-state index contributed by atoms with van der Waals surface area (Å²) in [7, 11) is 1.51. The number of thioether (sulfide) groups is 1. The molecule has 2 aromatic carbocycles. The lowest BCUT2D eigenvalue weighted by Gasteiger charge is -2.34. The number of carbonyl (C=O) groups excluding carboxylic acids is 2. The lowest BCUT2D eigenvalue weighted by atomic mass is 10.1. The molecule has 1 atom stereocenters. The van der Waals surface area contributed by atoms with Gasteiger partial charge >= 0.3 is 0 Å². The van der Waals surface area contributed by atoms with Crippen molar-refractivity contribution in [2.24, 2.45) is 0 Å². The number of nitrogens with one attached hydrogen (secondary N) is 1. The van der Waals surface area contributed by atoms with E-state index in [1.54, 1.807) is 24.3 Å². The second-order valence-corrected chi connectivity index (χ2v) is 7.04. The molecule has 1 N–H and O–H groups in total. The molecule has 1 aliphatic heterocycles. The fourth-order valence-corrected chi connectivity index (χ4v) is 3.59. The molecule has 1 heterocycles. The number of hydrogen-bond acceptors (Lipinski definition) is 4. The minimum atomic E-state index is -0.915. The Morgan fingerprint density at radius 2 is 2.00 bits per heavy atom. The summed E-state index contributed by atoms with van der Waals surface area (Å²) in [5.74, 6) is -1.43. The summed E-state index contributed by atoms with van der Waals surface area (Å²) in [6.45, 7) is 0.116. The molecule has 2 aromatic rings. The van der Waals surface area contributed by atoms with Crippen molar-refractivity contribution in [3.63, 3.8) is 0 Å². The first kappa shape index (κ1) is 19.2. The molecule has 27 heavy (non-hydrogen) atoms. The first-order valence-corrected chi connectivity index (χ1v) is 9.33. The molecule has 0 saturated heterocycles. The number of hydrogen-bond donors (Lipinski definition) is 1. The van der Waals surface area contributed by atoms with Gasteiger partial charge in [-0.15, -0.1) is 11.8 Å². The van der Waals surface area contributed by atoms with E-state index < -0.39 is 17.7 Å². The number of benzene rings is 2. The number of fused-ring (bicyclic) bond motifs is 1. The van der Waals surface area contributed by atoms with Gasteiger partial charge in [-0.05, 0) is 30.3 Å². The normalized spacial score (nSPS) is 15.7. The maximum atomic E-state index is 13.3. The van der Waals surface area contributed by atoms with Crippen LogP contribution in [-0.4, -0.2) is 37.3 Å². The molecule has 0 aromatic heterocycles. The van der Waals surface area contributed by atoms with Crippen LogP contribution >= 0.6 is 11.8 Å². The van der Waals surface area contributed by atoms with Crippen LogP contribution < -0.4 is 15.0 Å². The van der Waals surface area contributed by atoms with Crippen molar-refractivity contribution in [3.05, 3.63) is 54.1 Å². The zero-order valence-corrected chi connectivity index (χ0v) is 15.4. The highest BCUT2D eigenvalue weighted by Gasteiger charge is 2.32. The number of nitrogens with zero attached hydrogens (tertiary/aromatic N) is 1. The van der Waals surface area contributed by atoms with Gasteiger partial charge in [0.25, 0.3) is 5.91 Å². The van der Waals surface area contributed by atoms with Gasteiger partial charge in [0, 0.05) is 24.1 Å². The summed E-state index contributed by atoms with van der Waals surface area (Å²) < 4.78 is 31.9. The fraction of sp³-hybridized carbons (Fsp3) is 0.263. The number of carbonyl (C=O) groups is 2. The van der Waals surface area contributed by atoms with Crippen molar-refractivity contribution in [3.8, 4) is 5.75 Å². The number of rotatable bonds is 5. The minimum Gasteiger partial charge on any atom is -0.477 e. The Balaban J connectivity index is 1.67. The van der Waals surface area contributed by atoms with E-state index in [0.717, 1.165) is 12.1 Å². The number of para-hydroxylation sites is 2. The topological polar surface area (TPSA) is 58.6 Å². The van der Waals surface area contributed by atoms with Crippen molar-refractivity contribution in [2.45, 2.75) is 17.4 Å². The van der Waals surface area contributed by atoms with Gasteiger partial charge in [-0.25, -0.2) is 8.78 Å². The van der Waals surface area contributed by atoms with E-state index in [1.807, 2.05) is 0 Å². The molecule has 0 spiro atoms. The van der Waals surface area contributed by atoms with Crippen LogP contribution in [0.15, 0.2) is 47.4 Å². The Labute approximate surface area is 159 Å². The Hall–Kier alpha value is -2.61. The standard InChI is InChI=1S/C19H18F2N2O3S/c1-22-19(25)17-11-23(15-4-2-3-5-16(15)26-17)18(24)8-9-27-12-6-7-13(20)14(21)10-12/h2-7,10,17H,8-9,11H2,1H3,(H,22,25)/t17-/m0/s1. The number of amides is 2. The van der Waals surface area contributed by atoms with Crippen LogP contribution in [0, 0.1) is 11.6 Å². The zero-order chi connectivity index (χ0) is 19.4. The van der Waals surface area contributed by atoms with E-state index in [-0.39, 0.29) is 24.8 Å². The number of anilines is 1. The van der Waals surface area contributed by atoms with Gasteiger partial charge in [-0.1, -0.05) is 12.1 Å². The van der Waals surface area contributed by atoms with Gasteiger partial charge in [-0.2, -0.15) is 0 Å². The highest BCUT2D eigenvalue weighted by atomic mass is 32.2. The molecule has 5 nitrogen and oxygen atoms in total. The third kappa shape index (κ3) is 4.39. The molecule has 0 bridgehead atoms. The second kappa shape index (κ2) is 8.39. The largest absolute Gasteiger partial charge is 0.477 e. The molecule has 142 valence electrons. The van der Waals surface area contributed by atoms with Crippen LogP contribution in [0.1, 0.15) is 6.42 Å². The second-order valence-electron chi connectivity index (χ2n) is 5.87. The smallest absolute Gasteiger partial charge is 0.262 e. The monoisotopic (exact) mass is 392 g/mol. The van der Waals surface area contributed by atoms with E-state index in [4.69, 9.17) is 4.74 Å².